The molecule has 22 heavy (non-hydrogen) atoms. The van der Waals surface area contributed by atoms with Crippen molar-refractivity contribution in [3.05, 3.63) is 0 Å². The van der Waals surface area contributed by atoms with E-state index in [9.17, 15) is 0 Å². The second-order valence-corrected chi connectivity index (χ2v) is 6.70. The van der Waals surface area contributed by atoms with Crippen LogP contribution < -0.4 is 22.9 Å². The van der Waals surface area contributed by atoms with E-state index in [4.69, 9.17) is 22.9 Å². The fourth-order valence-corrected chi connectivity index (χ4v) is 3.06. The third-order valence-corrected chi connectivity index (χ3v) is 4.68. The maximum Gasteiger partial charge on any atom is 0.00792 e. The van der Waals surface area contributed by atoms with Gasteiger partial charge in [0.05, 0.1) is 0 Å². The largest absolute Gasteiger partial charge is 0.330 e. The van der Waals surface area contributed by atoms with Gasteiger partial charge in [-0.3, -0.25) is 0 Å². The molecule has 2 atom stereocenters. The van der Waals surface area contributed by atoms with Gasteiger partial charge in [0.2, 0.25) is 0 Å². The lowest BCUT2D eigenvalue weighted by Gasteiger charge is -2.22. The third-order valence-electron chi connectivity index (χ3n) is 4.68. The van der Waals surface area contributed by atoms with Gasteiger partial charge in [0, 0.05) is 6.04 Å². The van der Waals surface area contributed by atoms with Crippen molar-refractivity contribution in [2.45, 2.75) is 89.5 Å². The van der Waals surface area contributed by atoms with Crippen molar-refractivity contribution in [1.29, 1.82) is 0 Å². The Morgan fingerprint density at radius 1 is 0.500 bits per heavy atom. The Balaban J connectivity index is 3.40. The highest BCUT2D eigenvalue weighted by Gasteiger charge is 2.15. The minimum atomic E-state index is 0.277. The van der Waals surface area contributed by atoms with Crippen molar-refractivity contribution in [1.82, 2.24) is 0 Å². The van der Waals surface area contributed by atoms with Crippen LogP contribution in [0.3, 0.4) is 0 Å². The molecule has 0 saturated heterocycles. The minimum Gasteiger partial charge on any atom is -0.330 e. The highest BCUT2D eigenvalue weighted by atomic mass is 14.7. The SMILES string of the molecule is NCCCCCCCCCCCC(N)C(CN)CCCCN. The van der Waals surface area contributed by atoms with Crippen LogP contribution in [-0.4, -0.2) is 25.7 Å². The summed E-state index contributed by atoms with van der Waals surface area (Å²) in [4.78, 5) is 0. The zero-order chi connectivity index (χ0) is 16.5. The number of hydrogen-bond donors (Lipinski definition) is 4. The van der Waals surface area contributed by atoms with Gasteiger partial charge in [-0.2, -0.15) is 0 Å². The lowest BCUT2D eigenvalue weighted by Crippen LogP contribution is -2.35. The van der Waals surface area contributed by atoms with Crippen LogP contribution in [0.2, 0.25) is 0 Å². The van der Waals surface area contributed by atoms with E-state index in [1.165, 1.54) is 57.8 Å². The van der Waals surface area contributed by atoms with Gasteiger partial charge in [0.1, 0.15) is 0 Å². The predicted octanol–water partition coefficient (Wildman–Crippen LogP) is 2.88. The van der Waals surface area contributed by atoms with Gasteiger partial charge in [0.15, 0.2) is 0 Å². The van der Waals surface area contributed by atoms with E-state index in [1.807, 2.05) is 0 Å². The molecule has 134 valence electrons. The maximum absolute atomic E-state index is 6.30. The molecule has 0 heterocycles. The van der Waals surface area contributed by atoms with Gasteiger partial charge < -0.3 is 22.9 Å². The summed E-state index contributed by atoms with van der Waals surface area (Å²) in [5.74, 6) is 0.481. The van der Waals surface area contributed by atoms with E-state index in [2.05, 4.69) is 0 Å². The van der Waals surface area contributed by atoms with E-state index < -0.39 is 0 Å². The van der Waals surface area contributed by atoms with Crippen LogP contribution >= 0.6 is 0 Å². The smallest absolute Gasteiger partial charge is 0.00792 e. The van der Waals surface area contributed by atoms with E-state index in [1.54, 1.807) is 0 Å². The molecule has 8 N–H and O–H groups in total. The number of hydrogen-bond acceptors (Lipinski definition) is 4. The Labute approximate surface area is 138 Å². The molecule has 0 aliphatic carbocycles. The van der Waals surface area contributed by atoms with Crippen LogP contribution in [-0.2, 0) is 0 Å². The molecule has 4 nitrogen and oxygen atoms in total. The van der Waals surface area contributed by atoms with Gasteiger partial charge in [0.25, 0.3) is 0 Å². The predicted molar refractivity (Wildman–Crippen MR) is 98.6 cm³/mol. The molecule has 0 aromatic rings. The molecule has 0 bridgehead atoms. The summed E-state index contributed by atoms with van der Waals surface area (Å²) in [7, 11) is 0. The summed E-state index contributed by atoms with van der Waals surface area (Å²) in [6.45, 7) is 2.34. The third kappa shape index (κ3) is 13.5. The van der Waals surface area contributed by atoms with Crippen LogP contribution in [0.15, 0.2) is 0 Å². The first-order chi connectivity index (χ1) is 10.8. The van der Waals surface area contributed by atoms with Crippen LogP contribution in [0.1, 0.15) is 83.5 Å². The molecular formula is C18H42N4. The van der Waals surface area contributed by atoms with Crippen LogP contribution in [0.25, 0.3) is 0 Å². The van der Waals surface area contributed by atoms with Crippen molar-refractivity contribution in [3.63, 3.8) is 0 Å². The molecule has 0 rings (SSSR count). The summed E-state index contributed by atoms with van der Waals surface area (Å²) in [5, 5.41) is 0. The monoisotopic (exact) mass is 314 g/mol. The Bertz CT molecular complexity index is 211. The molecular weight excluding hydrogens is 272 g/mol. The molecule has 0 saturated carbocycles. The summed E-state index contributed by atoms with van der Waals surface area (Å²) < 4.78 is 0. The first kappa shape index (κ1) is 21.8. The van der Waals surface area contributed by atoms with Gasteiger partial charge >= 0.3 is 0 Å². The molecule has 0 radical (unpaired) electrons. The Morgan fingerprint density at radius 2 is 0.909 bits per heavy atom. The molecule has 0 aromatic carbocycles. The number of unbranched alkanes of at least 4 members (excludes halogenated alkanes) is 9. The molecule has 0 spiro atoms. The van der Waals surface area contributed by atoms with E-state index in [-0.39, 0.29) is 6.04 Å². The van der Waals surface area contributed by atoms with E-state index >= 15 is 0 Å². The molecule has 0 aromatic heterocycles. The summed E-state index contributed by atoms with van der Waals surface area (Å²) in [5.41, 5.74) is 23.2. The van der Waals surface area contributed by atoms with E-state index in [0.717, 1.165) is 38.8 Å². The lowest BCUT2D eigenvalue weighted by atomic mass is 9.90. The second-order valence-electron chi connectivity index (χ2n) is 6.70. The van der Waals surface area contributed by atoms with Crippen molar-refractivity contribution in [2.24, 2.45) is 28.9 Å². The highest BCUT2D eigenvalue weighted by Crippen LogP contribution is 2.16. The summed E-state index contributed by atoms with van der Waals surface area (Å²) in [6, 6.07) is 0.277. The molecule has 0 fully saturated rings. The zero-order valence-corrected chi connectivity index (χ0v) is 14.8. The fourth-order valence-electron chi connectivity index (χ4n) is 3.06. The quantitative estimate of drug-likeness (QED) is 0.310. The van der Waals surface area contributed by atoms with Crippen molar-refractivity contribution in [3.8, 4) is 0 Å². The van der Waals surface area contributed by atoms with Gasteiger partial charge in [-0.15, -0.1) is 0 Å². The summed E-state index contributed by atoms with van der Waals surface area (Å²) in [6.07, 6.45) is 16.4. The fraction of sp³-hybridized carbons (Fsp3) is 1.00. The summed E-state index contributed by atoms with van der Waals surface area (Å²) >= 11 is 0. The molecule has 4 heteroatoms. The van der Waals surface area contributed by atoms with E-state index in [0.29, 0.717) is 12.5 Å². The Kier molecular flexibility index (Phi) is 17.1. The number of nitrogens with two attached hydrogens (primary N) is 4. The Morgan fingerprint density at radius 3 is 1.41 bits per heavy atom. The van der Waals surface area contributed by atoms with Crippen molar-refractivity contribution < 1.29 is 0 Å². The highest BCUT2D eigenvalue weighted by molar-refractivity contribution is 4.74. The normalized spacial score (nSPS) is 14.2. The molecule has 0 aliphatic heterocycles. The van der Waals surface area contributed by atoms with Gasteiger partial charge in [-0.25, -0.2) is 0 Å². The number of rotatable bonds is 17. The zero-order valence-electron chi connectivity index (χ0n) is 14.8. The topological polar surface area (TPSA) is 104 Å². The average molecular weight is 315 g/mol. The maximum atomic E-state index is 6.30. The molecule has 0 aliphatic rings. The standard InChI is InChI=1S/C18H42N4/c19-14-10-7-5-3-1-2-4-6-8-13-18(22)17(16-21)12-9-11-15-20/h17-18H,1-16,19-22H2. The Hall–Kier alpha value is -0.160. The molecule has 2 unspecified atom stereocenters. The average Bonchev–Trinajstić information content (AvgIpc) is 2.53. The van der Waals surface area contributed by atoms with Crippen LogP contribution in [0.4, 0.5) is 0 Å². The van der Waals surface area contributed by atoms with Crippen molar-refractivity contribution >= 4 is 0 Å². The van der Waals surface area contributed by atoms with Crippen molar-refractivity contribution in [2.75, 3.05) is 19.6 Å². The molecule has 0 amide bonds. The second kappa shape index (κ2) is 17.2. The first-order valence-electron chi connectivity index (χ1n) is 9.62. The minimum absolute atomic E-state index is 0.277. The first-order valence-corrected chi connectivity index (χ1v) is 9.62. The van der Waals surface area contributed by atoms with Gasteiger partial charge in [-0.1, -0.05) is 57.8 Å². The van der Waals surface area contributed by atoms with Gasteiger partial charge in [-0.05, 0) is 51.2 Å². The van der Waals surface area contributed by atoms with Crippen LogP contribution in [0, 0.1) is 5.92 Å². The van der Waals surface area contributed by atoms with Crippen LogP contribution in [0.5, 0.6) is 0 Å². The lowest BCUT2D eigenvalue weighted by molar-refractivity contribution is 0.362.